The van der Waals surface area contributed by atoms with Gasteiger partial charge in [-0.2, -0.15) is 26.3 Å². The lowest BCUT2D eigenvalue weighted by Gasteiger charge is -2.15. The van der Waals surface area contributed by atoms with E-state index in [4.69, 9.17) is 0 Å². The molecule has 2 aromatic heterocycles. The maximum atomic E-state index is 13.6. The summed E-state index contributed by atoms with van der Waals surface area (Å²) in [5.74, 6) is -2.94. The Balaban J connectivity index is 1.82. The number of benzene rings is 1. The summed E-state index contributed by atoms with van der Waals surface area (Å²) in [6, 6.07) is 4.67. The Labute approximate surface area is 190 Å². The van der Waals surface area contributed by atoms with Crippen molar-refractivity contribution in [3.63, 3.8) is 0 Å². The SMILES string of the molecule is O=C(Nc1ccc(OCC(F)(F)F)nc1)c1cncn(-c2ccc(F)cc2OCC(F)(F)F)c1=O. The van der Waals surface area contributed by atoms with E-state index in [-0.39, 0.29) is 17.3 Å². The van der Waals surface area contributed by atoms with Crippen LogP contribution < -0.4 is 20.3 Å². The van der Waals surface area contributed by atoms with Gasteiger partial charge in [0, 0.05) is 18.3 Å². The first-order chi connectivity index (χ1) is 16.3. The molecule has 0 fully saturated rings. The van der Waals surface area contributed by atoms with Crippen molar-refractivity contribution in [2.24, 2.45) is 0 Å². The number of carbonyl (C=O) groups excluding carboxylic acids is 1. The number of nitrogens with zero attached hydrogens (tertiary/aromatic N) is 3. The van der Waals surface area contributed by atoms with Crippen molar-refractivity contribution in [3.05, 3.63) is 70.8 Å². The number of amides is 1. The molecule has 1 N–H and O–H groups in total. The van der Waals surface area contributed by atoms with Gasteiger partial charge in [-0.15, -0.1) is 0 Å². The van der Waals surface area contributed by atoms with Crippen LogP contribution in [0.1, 0.15) is 10.4 Å². The third-order valence-electron chi connectivity index (χ3n) is 4.03. The Morgan fingerprint density at radius 3 is 2.29 bits per heavy atom. The molecule has 0 atom stereocenters. The number of anilines is 1. The van der Waals surface area contributed by atoms with E-state index in [0.717, 1.165) is 43.0 Å². The first kappa shape index (κ1) is 25.5. The summed E-state index contributed by atoms with van der Waals surface area (Å²) in [7, 11) is 0. The fraction of sp³-hybridized carbons (Fsp3) is 0.200. The molecule has 0 aliphatic heterocycles. The van der Waals surface area contributed by atoms with Gasteiger partial charge in [-0.05, 0) is 18.2 Å². The van der Waals surface area contributed by atoms with Gasteiger partial charge in [-0.3, -0.25) is 14.2 Å². The van der Waals surface area contributed by atoms with Crippen LogP contribution in [-0.4, -0.2) is 46.0 Å². The molecule has 0 aliphatic carbocycles. The lowest BCUT2D eigenvalue weighted by atomic mass is 10.2. The van der Waals surface area contributed by atoms with Crippen molar-refractivity contribution >= 4 is 11.6 Å². The highest BCUT2D eigenvalue weighted by Gasteiger charge is 2.30. The van der Waals surface area contributed by atoms with Crippen LogP contribution in [0, 0.1) is 5.82 Å². The minimum absolute atomic E-state index is 0.0138. The van der Waals surface area contributed by atoms with Gasteiger partial charge in [0.25, 0.3) is 11.5 Å². The zero-order chi connectivity index (χ0) is 25.8. The van der Waals surface area contributed by atoms with Crippen molar-refractivity contribution < 1.29 is 45.0 Å². The van der Waals surface area contributed by atoms with E-state index in [1.54, 1.807) is 0 Å². The topological polar surface area (TPSA) is 95.3 Å². The highest BCUT2D eigenvalue weighted by Crippen LogP contribution is 2.26. The number of nitrogens with one attached hydrogen (secondary N) is 1. The van der Waals surface area contributed by atoms with E-state index in [2.05, 4.69) is 24.8 Å². The van der Waals surface area contributed by atoms with E-state index < -0.39 is 54.2 Å². The summed E-state index contributed by atoms with van der Waals surface area (Å²) in [6.07, 6.45) is -6.57. The van der Waals surface area contributed by atoms with Gasteiger partial charge in [0.05, 0.1) is 17.6 Å². The summed E-state index contributed by atoms with van der Waals surface area (Å²) in [6.45, 7) is -3.33. The molecule has 0 saturated carbocycles. The van der Waals surface area contributed by atoms with Crippen LogP contribution in [0.2, 0.25) is 0 Å². The van der Waals surface area contributed by atoms with E-state index >= 15 is 0 Å². The fourth-order valence-corrected chi connectivity index (χ4v) is 2.60. The summed E-state index contributed by atoms with van der Waals surface area (Å²) >= 11 is 0. The maximum Gasteiger partial charge on any atom is 0.422 e. The molecule has 15 heteroatoms. The molecule has 0 spiro atoms. The largest absolute Gasteiger partial charge is 0.482 e. The molecule has 35 heavy (non-hydrogen) atoms. The maximum absolute atomic E-state index is 13.6. The number of pyridine rings is 1. The third kappa shape index (κ3) is 7.15. The molecule has 1 amide bonds. The minimum Gasteiger partial charge on any atom is -0.482 e. The number of carbonyl (C=O) groups is 1. The molecule has 0 saturated heterocycles. The first-order valence-corrected chi connectivity index (χ1v) is 9.35. The average molecular weight is 506 g/mol. The second kappa shape index (κ2) is 9.99. The van der Waals surface area contributed by atoms with E-state index in [1.165, 1.54) is 0 Å². The molecule has 2 heterocycles. The van der Waals surface area contributed by atoms with Crippen LogP contribution >= 0.6 is 0 Å². The number of hydrogen-bond donors (Lipinski definition) is 1. The van der Waals surface area contributed by atoms with Crippen molar-refractivity contribution in [2.75, 3.05) is 18.5 Å². The van der Waals surface area contributed by atoms with Crippen molar-refractivity contribution in [2.45, 2.75) is 12.4 Å². The van der Waals surface area contributed by atoms with Crippen LogP contribution in [-0.2, 0) is 0 Å². The zero-order valence-electron chi connectivity index (χ0n) is 17.2. The third-order valence-corrected chi connectivity index (χ3v) is 4.03. The number of ether oxygens (including phenoxy) is 2. The lowest BCUT2D eigenvalue weighted by molar-refractivity contribution is -0.154. The quantitative estimate of drug-likeness (QED) is 0.489. The zero-order valence-corrected chi connectivity index (χ0v) is 17.2. The van der Waals surface area contributed by atoms with Gasteiger partial charge >= 0.3 is 12.4 Å². The van der Waals surface area contributed by atoms with Crippen molar-refractivity contribution in [1.82, 2.24) is 14.5 Å². The van der Waals surface area contributed by atoms with Crippen LogP contribution in [0.3, 0.4) is 0 Å². The first-order valence-electron chi connectivity index (χ1n) is 9.35. The Morgan fingerprint density at radius 1 is 0.971 bits per heavy atom. The predicted octanol–water partition coefficient (Wildman–Crippen LogP) is 3.90. The molecule has 3 aromatic rings. The van der Waals surface area contributed by atoms with Crippen molar-refractivity contribution in [3.8, 4) is 17.3 Å². The smallest absolute Gasteiger partial charge is 0.422 e. The minimum atomic E-state index is -4.74. The second-order valence-corrected chi connectivity index (χ2v) is 6.74. The van der Waals surface area contributed by atoms with E-state index in [0.29, 0.717) is 10.6 Å². The summed E-state index contributed by atoms with van der Waals surface area (Å²) in [4.78, 5) is 32.7. The number of halogens is 7. The number of rotatable bonds is 7. The molecule has 0 aliphatic rings. The lowest BCUT2D eigenvalue weighted by Crippen LogP contribution is -2.29. The standard InChI is InChI=1S/C20H13F7N4O4/c21-11-1-3-14(15(5-11)34-8-19(22,23)24)31-10-28-7-13(18(31)33)17(32)30-12-2-4-16(29-6-12)35-9-20(25,26)27/h1-7,10H,8-9H2,(H,30,32). The molecule has 1 aromatic carbocycles. The van der Waals surface area contributed by atoms with Gasteiger partial charge < -0.3 is 14.8 Å². The fourth-order valence-electron chi connectivity index (χ4n) is 2.60. The van der Waals surface area contributed by atoms with Gasteiger partial charge in [0.2, 0.25) is 5.88 Å². The molecule has 186 valence electrons. The van der Waals surface area contributed by atoms with E-state index in [9.17, 15) is 40.3 Å². The number of hydrogen-bond acceptors (Lipinski definition) is 6. The predicted molar refractivity (Wildman–Crippen MR) is 105 cm³/mol. The normalized spacial score (nSPS) is 11.7. The number of alkyl halides is 6. The number of aromatic nitrogens is 3. The molecule has 0 radical (unpaired) electrons. The second-order valence-electron chi connectivity index (χ2n) is 6.74. The highest BCUT2D eigenvalue weighted by atomic mass is 19.4. The monoisotopic (exact) mass is 506 g/mol. The highest BCUT2D eigenvalue weighted by molar-refractivity contribution is 6.03. The Kier molecular flexibility index (Phi) is 7.26. The van der Waals surface area contributed by atoms with Crippen LogP contribution in [0.4, 0.5) is 36.4 Å². The molecule has 0 bridgehead atoms. The van der Waals surface area contributed by atoms with E-state index in [1.807, 2.05) is 0 Å². The summed E-state index contributed by atoms with van der Waals surface area (Å²) < 4.78 is 97.5. The molecule has 8 nitrogen and oxygen atoms in total. The summed E-state index contributed by atoms with van der Waals surface area (Å²) in [5.41, 5.74) is -1.91. The molecular formula is C20H13F7N4O4. The van der Waals surface area contributed by atoms with Gasteiger partial charge in [-0.1, -0.05) is 0 Å². The van der Waals surface area contributed by atoms with Gasteiger partial charge in [0.15, 0.2) is 13.2 Å². The van der Waals surface area contributed by atoms with Crippen LogP contribution in [0.15, 0.2) is 53.8 Å². The Morgan fingerprint density at radius 2 is 1.66 bits per heavy atom. The molecular weight excluding hydrogens is 493 g/mol. The molecule has 0 unspecified atom stereocenters. The van der Waals surface area contributed by atoms with Crippen LogP contribution in [0.5, 0.6) is 11.6 Å². The average Bonchev–Trinajstić information content (AvgIpc) is 2.77. The Bertz CT molecular complexity index is 1260. The Hall–Kier alpha value is -4.17. The van der Waals surface area contributed by atoms with Gasteiger partial charge in [0.1, 0.15) is 23.5 Å². The molecule has 3 rings (SSSR count). The summed E-state index contributed by atoms with van der Waals surface area (Å²) in [5, 5.41) is 2.27. The van der Waals surface area contributed by atoms with Gasteiger partial charge in [-0.25, -0.2) is 14.4 Å². The van der Waals surface area contributed by atoms with Crippen LogP contribution in [0.25, 0.3) is 5.69 Å². The van der Waals surface area contributed by atoms with Crippen molar-refractivity contribution in [1.29, 1.82) is 0 Å².